The molecule has 6 nitrogen and oxygen atoms in total. The third kappa shape index (κ3) is 3.22. The molecule has 32 heavy (non-hydrogen) atoms. The number of azo groups is 1. The fraction of sp³-hybridized carbons (Fsp3) is 0.0769. The summed E-state index contributed by atoms with van der Waals surface area (Å²) < 4.78 is 0. The molecule has 3 aromatic carbocycles. The quantitative estimate of drug-likeness (QED) is 0.458. The molecule has 4 aromatic rings. The van der Waals surface area contributed by atoms with Gasteiger partial charge in [-0.1, -0.05) is 42.5 Å². The maximum absolute atomic E-state index is 9.91. The molecule has 1 aliphatic heterocycles. The highest BCUT2D eigenvalue weighted by molar-refractivity contribution is 5.98. The van der Waals surface area contributed by atoms with Gasteiger partial charge in [0, 0.05) is 11.1 Å². The Morgan fingerprint density at radius 2 is 1.31 bits per heavy atom. The van der Waals surface area contributed by atoms with E-state index in [1.54, 1.807) is 24.3 Å². The molecular formula is C26H20N4O2. The van der Waals surface area contributed by atoms with Crippen LogP contribution in [0.1, 0.15) is 28.1 Å². The number of aromatic hydroxyl groups is 2. The highest BCUT2D eigenvalue weighted by Crippen LogP contribution is 2.52. The first-order valence-corrected chi connectivity index (χ1v) is 10.2. The van der Waals surface area contributed by atoms with Crippen molar-refractivity contribution in [3.8, 4) is 11.5 Å². The monoisotopic (exact) mass is 420 g/mol. The van der Waals surface area contributed by atoms with E-state index in [-0.39, 0.29) is 11.5 Å². The van der Waals surface area contributed by atoms with Crippen molar-refractivity contribution in [2.75, 3.05) is 0 Å². The predicted molar refractivity (Wildman–Crippen MR) is 122 cm³/mol. The molecule has 1 atom stereocenters. The Labute approximate surface area is 185 Å². The highest BCUT2D eigenvalue weighted by atomic mass is 16.3. The van der Waals surface area contributed by atoms with Gasteiger partial charge in [-0.15, -0.1) is 0 Å². The second kappa shape index (κ2) is 7.74. The maximum Gasteiger partial charge on any atom is 0.178 e. The number of hydrogen-bond acceptors (Lipinski definition) is 6. The standard InChI is InChI=1S/C26H20N4O2/c1-17-7-16-23(28-27-17)26(20-10-14-22(32)15-11-20)24(18-5-3-2-4-6-18)25(29-30-26)19-8-12-21(31)13-9-19/h2-16,31-32H,1H3. The second-order valence-corrected chi connectivity index (χ2v) is 7.65. The lowest BCUT2D eigenvalue weighted by molar-refractivity contribution is 0.474. The van der Waals surface area contributed by atoms with Crippen LogP contribution in [0.25, 0.3) is 11.3 Å². The summed E-state index contributed by atoms with van der Waals surface area (Å²) in [6.07, 6.45) is 0. The van der Waals surface area contributed by atoms with Crippen molar-refractivity contribution in [1.29, 1.82) is 0 Å². The molecule has 0 amide bonds. The van der Waals surface area contributed by atoms with Crippen LogP contribution in [0.5, 0.6) is 11.5 Å². The van der Waals surface area contributed by atoms with Gasteiger partial charge in [0.2, 0.25) is 0 Å². The van der Waals surface area contributed by atoms with Crippen LogP contribution in [-0.4, -0.2) is 20.4 Å². The molecule has 0 bridgehead atoms. The van der Waals surface area contributed by atoms with Gasteiger partial charge in [0.25, 0.3) is 0 Å². The molecule has 0 saturated carbocycles. The van der Waals surface area contributed by atoms with E-state index in [9.17, 15) is 10.2 Å². The van der Waals surface area contributed by atoms with E-state index >= 15 is 0 Å². The van der Waals surface area contributed by atoms with Crippen LogP contribution in [0.2, 0.25) is 0 Å². The summed E-state index contributed by atoms with van der Waals surface area (Å²) in [5.41, 5.74) is 4.49. The van der Waals surface area contributed by atoms with Crippen molar-refractivity contribution in [2.24, 2.45) is 10.2 Å². The molecule has 1 unspecified atom stereocenters. The molecule has 1 aromatic heterocycles. The van der Waals surface area contributed by atoms with Gasteiger partial charge in [-0.2, -0.15) is 20.4 Å². The minimum Gasteiger partial charge on any atom is -0.508 e. The van der Waals surface area contributed by atoms with Gasteiger partial charge in [0.05, 0.1) is 11.4 Å². The molecule has 0 spiro atoms. The van der Waals surface area contributed by atoms with E-state index in [2.05, 4.69) is 15.3 Å². The van der Waals surface area contributed by atoms with Crippen molar-refractivity contribution in [3.05, 3.63) is 119 Å². The summed E-state index contributed by atoms with van der Waals surface area (Å²) >= 11 is 0. The first-order valence-electron chi connectivity index (χ1n) is 10.2. The van der Waals surface area contributed by atoms with E-state index in [1.807, 2.05) is 73.7 Å². The lowest BCUT2D eigenvalue weighted by Gasteiger charge is -2.29. The molecule has 0 aliphatic carbocycles. The van der Waals surface area contributed by atoms with Gasteiger partial charge in [0.15, 0.2) is 5.54 Å². The number of phenols is 2. The van der Waals surface area contributed by atoms with Crippen LogP contribution in [0.15, 0.2) is 101 Å². The van der Waals surface area contributed by atoms with E-state index in [0.29, 0.717) is 11.4 Å². The fourth-order valence-electron chi connectivity index (χ4n) is 3.99. The number of rotatable bonds is 4. The summed E-state index contributed by atoms with van der Waals surface area (Å²) in [5.74, 6) is 0.345. The number of hydrogen-bond donors (Lipinski definition) is 2. The van der Waals surface area contributed by atoms with Crippen LogP contribution >= 0.6 is 0 Å². The second-order valence-electron chi connectivity index (χ2n) is 7.65. The first-order chi connectivity index (χ1) is 15.6. The van der Waals surface area contributed by atoms with Crippen LogP contribution in [0, 0.1) is 6.92 Å². The molecule has 156 valence electrons. The van der Waals surface area contributed by atoms with E-state index in [4.69, 9.17) is 5.11 Å². The van der Waals surface area contributed by atoms with Gasteiger partial charge >= 0.3 is 0 Å². The molecule has 6 heteroatoms. The van der Waals surface area contributed by atoms with Crippen molar-refractivity contribution in [2.45, 2.75) is 12.5 Å². The van der Waals surface area contributed by atoms with Crippen molar-refractivity contribution < 1.29 is 10.2 Å². The number of aromatic nitrogens is 2. The Bertz CT molecular complexity index is 1270. The Hall–Kier alpha value is -4.32. The minimum absolute atomic E-state index is 0.165. The largest absolute Gasteiger partial charge is 0.508 e. The van der Waals surface area contributed by atoms with E-state index < -0.39 is 5.54 Å². The fourth-order valence-corrected chi connectivity index (χ4v) is 3.99. The SMILES string of the molecule is Cc1ccc(C2(c3ccc(O)cc3)N=NC(c3ccc(O)cc3)=C2c2ccccc2)nn1. The van der Waals surface area contributed by atoms with Gasteiger partial charge in [-0.25, -0.2) is 0 Å². The molecular weight excluding hydrogens is 400 g/mol. The molecule has 2 heterocycles. The van der Waals surface area contributed by atoms with Crippen LogP contribution in [0.4, 0.5) is 0 Å². The average molecular weight is 420 g/mol. The maximum atomic E-state index is 9.91. The Morgan fingerprint density at radius 1 is 0.656 bits per heavy atom. The number of phenolic OH excluding ortho intramolecular Hbond substituents is 2. The third-order valence-electron chi connectivity index (χ3n) is 5.56. The van der Waals surface area contributed by atoms with Gasteiger partial charge in [0.1, 0.15) is 17.2 Å². The Kier molecular flexibility index (Phi) is 4.75. The zero-order valence-corrected chi connectivity index (χ0v) is 17.3. The van der Waals surface area contributed by atoms with Crippen molar-refractivity contribution >= 4 is 11.3 Å². The van der Waals surface area contributed by atoms with Crippen molar-refractivity contribution in [1.82, 2.24) is 10.2 Å². The highest BCUT2D eigenvalue weighted by Gasteiger charge is 2.46. The molecule has 0 radical (unpaired) electrons. The molecule has 2 N–H and O–H groups in total. The minimum atomic E-state index is -1.05. The zero-order chi connectivity index (χ0) is 22.1. The summed E-state index contributed by atoms with van der Waals surface area (Å²) in [7, 11) is 0. The van der Waals surface area contributed by atoms with Crippen molar-refractivity contribution in [3.63, 3.8) is 0 Å². The summed E-state index contributed by atoms with van der Waals surface area (Å²) in [5, 5.41) is 37.9. The molecule has 0 fully saturated rings. The molecule has 0 saturated heterocycles. The van der Waals surface area contributed by atoms with Gasteiger partial charge in [-0.05, 0) is 66.6 Å². The Balaban J connectivity index is 1.86. The molecule has 5 rings (SSSR count). The molecule has 1 aliphatic rings. The number of benzene rings is 3. The van der Waals surface area contributed by atoms with Gasteiger partial charge < -0.3 is 10.2 Å². The Morgan fingerprint density at radius 3 is 1.94 bits per heavy atom. The average Bonchev–Trinajstić information content (AvgIpc) is 3.22. The van der Waals surface area contributed by atoms with Gasteiger partial charge in [-0.3, -0.25) is 0 Å². The zero-order valence-electron chi connectivity index (χ0n) is 17.3. The van der Waals surface area contributed by atoms with Crippen LogP contribution < -0.4 is 0 Å². The first kappa shape index (κ1) is 19.6. The third-order valence-corrected chi connectivity index (χ3v) is 5.56. The summed E-state index contributed by atoms with van der Waals surface area (Å²) in [6.45, 7) is 1.88. The predicted octanol–water partition coefficient (Wildman–Crippen LogP) is 5.47. The summed E-state index contributed by atoms with van der Waals surface area (Å²) in [6, 6.07) is 27.6. The van der Waals surface area contributed by atoms with E-state index in [0.717, 1.165) is 28.0 Å². The topological polar surface area (TPSA) is 91.0 Å². The normalized spacial score (nSPS) is 17.7. The number of aryl methyl sites for hydroxylation is 1. The van der Waals surface area contributed by atoms with Crippen LogP contribution in [0.3, 0.4) is 0 Å². The lowest BCUT2D eigenvalue weighted by atomic mass is 9.76. The summed E-state index contributed by atoms with van der Waals surface area (Å²) in [4.78, 5) is 0. The smallest absolute Gasteiger partial charge is 0.178 e. The van der Waals surface area contributed by atoms with E-state index in [1.165, 1.54) is 0 Å². The van der Waals surface area contributed by atoms with Crippen LogP contribution in [-0.2, 0) is 5.54 Å². The number of nitrogens with zero attached hydrogens (tertiary/aromatic N) is 4. The lowest BCUT2D eigenvalue weighted by Crippen LogP contribution is -2.27.